The fourth-order valence-electron chi connectivity index (χ4n) is 12.3. The van der Waals surface area contributed by atoms with E-state index in [0.29, 0.717) is 23.1 Å². The van der Waals surface area contributed by atoms with Gasteiger partial charge in [0.1, 0.15) is 17.3 Å². The standard InChI is InChI=1S/C78H50N5O2.Pt/c1-5-23-53(24-6-1)62-36-22-37-63(54-25-7-2-8-26-54)77(62)81-52-80(73-41-19-20-42-74(73)81)57-31-21-32-59(47-57)84-60-43-44-67-66-35-15-18-40-72(66)83(75(67)50-60)76-51-61(45-46-79-76)85-78-68(55-27-9-3-10-28-55)48-58(49-69(78)56-29-11-4-12-30-56)82-70-38-16-13-33-64(70)65-34-14-17-39-71(65)82;/h1-46,48-49,51-52H;/q-3;. The predicted molar refractivity (Wildman–Crippen MR) is 347 cm³/mol. The molecule has 12 aromatic carbocycles. The average molecular weight is 1280 g/mol. The number of anilines is 4. The van der Waals surface area contributed by atoms with Crippen LogP contribution in [0.5, 0.6) is 23.0 Å². The molecule has 7 nitrogen and oxygen atoms in total. The van der Waals surface area contributed by atoms with Gasteiger partial charge in [0.05, 0.1) is 11.0 Å². The van der Waals surface area contributed by atoms with Crippen molar-refractivity contribution in [2.75, 3.05) is 9.80 Å². The van der Waals surface area contributed by atoms with Crippen molar-refractivity contribution in [3.05, 3.63) is 316 Å². The van der Waals surface area contributed by atoms with Gasteiger partial charge in [-0.2, -0.15) is 12.1 Å². The molecule has 0 saturated heterocycles. The average Bonchev–Trinajstić information content (AvgIpc) is 1.82. The first-order valence-electron chi connectivity index (χ1n) is 28.5. The third-order valence-corrected chi connectivity index (χ3v) is 16.1. The van der Waals surface area contributed by atoms with E-state index >= 15 is 0 Å². The molecule has 0 unspecified atom stereocenters. The minimum atomic E-state index is 0. The van der Waals surface area contributed by atoms with Crippen molar-refractivity contribution in [2.45, 2.75) is 0 Å². The van der Waals surface area contributed by atoms with Gasteiger partial charge in [0.25, 0.3) is 0 Å². The topological polar surface area (TPSA) is 47.7 Å². The van der Waals surface area contributed by atoms with Crippen LogP contribution in [0.25, 0.3) is 99.6 Å². The molecule has 0 saturated carbocycles. The summed E-state index contributed by atoms with van der Waals surface area (Å²) in [5, 5.41) is 4.49. The van der Waals surface area contributed by atoms with Gasteiger partial charge in [-0.05, 0) is 76.2 Å². The number of fused-ring (bicyclic) bond motifs is 7. The van der Waals surface area contributed by atoms with E-state index in [9.17, 15) is 0 Å². The van der Waals surface area contributed by atoms with Crippen LogP contribution < -0.4 is 19.3 Å². The van der Waals surface area contributed by atoms with Crippen molar-refractivity contribution in [3.8, 4) is 79.0 Å². The predicted octanol–water partition coefficient (Wildman–Crippen LogP) is 20.5. The Balaban J connectivity index is 0.00000625. The Bertz CT molecular complexity index is 4830. The van der Waals surface area contributed by atoms with Crippen LogP contribution in [0.3, 0.4) is 0 Å². The molecule has 0 fully saturated rings. The van der Waals surface area contributed by atoms with Gasteiger partial charge in [-0.1, -0.05) is 212 Å². The monoisotopic (exact) mass is 1280 g/mol. The second-order valence-electron chi connectivity index (χ2n) is 21.1. The summed E-state index contributed by atoms with van der Waals surface area (Å²) >= 11 is 0. The molecule has 0 aliphatic carbocycles. The molecule has 0 atom stereocenters. The largest absolute Gasteiger partial charge is 0.509 e. The van der Waals surface area contributed by atoms with Crippen molar-refractivity contribution in [1.29, 1.82) is 0 Å². The van der Waals surface area contributed by atoms with Gasteiger partial charge >= 0.3 is 0 Å². The van der Waals surface area contributed by atoms with Crippen LogP contribution in [0, 0.1) is 18.8 Å². The normalized spacial score (nSPS) is 12.0. The van der Waals surface area contributed by atoms with Crippen LogP contribution in [0.4, 0.5) is 22.7 Å². The molecule has 412 valence electrons. The molecule has 0 spiro atoms. The van der Waals surface area contributed by atoms with Gasteiger partial charge in [0.15, 0.2) is 0 Å². The van der Waals surface area contributed by atoms with Gasteiger partial charge in [-0.15, -0.1) is 48.1 Å². The summed E-state index contributed by atoms with van der Waals surface area (Å²) in [7, 11) is 0. The number of hydrogen-bond donors (Lipinski definition) is 0. The quantitative estimate of drug-likeness (QED) is 0.114. The summed E-state index contributed by atoms with van der Waals surface area (Å²) in [6, 6.07) is 109. The molecule has 16 rings (SSSR count). The molecule has 3 aromatic heterocycles. The molecular weight excluding hydrogens is 1230 g/mol. The molecule has 0 radical (unpaired) electrons. The maximum absolute atomic E-state index is 7.31. The molecule has 1 aliphatic rings. The summed E-state index contributed by atoms with van der Waals surface area (Å²) < 4.78 is 18.6. The number of hydrogen-bond acceptors (Lipinski definition) is 5. The molecule has 0 bridgehead atoms. The Kier molecular flexibility index (Phi) is 13.4. The van der Waals surface area contributed by atoms with E-state index in [0.717, 1.165) is 112 Å². The Morgan fingerprint density at radius 3 is 1.42 bits per heavy atom. The molecule has 86 heavy (non-hydrogen) atoms. The van der Waals surface area contributed by atoms with Gasteiger partial charge in [-0.25, -0.2) is 4.98 Å². The smallest absolute Gasteiger partial charge is 0.143 e. The van der Waals surface area contributed by atoms with E-state index in [1.807, 2.05) is 36.5 Å². The Morgan fingerprint density at radius 2 is 0.837 bits per heavy atom. The number of para-hydroxylation sites is 6. The first-order chi connectivity index (χ1) is 42.2. The number of benzene rings is 12. The fraction of sp³-hybridized carbons (Fsp3) is 0. The fourth-order valence-corrected chi connectivity index (χ4v) is 12.3. The van der Waals surface area contributed by atoms with Crippen molar-refractivity contribution in [1.82, 2.24) is 14.1 Å². The number of nitrogens with zero attached hydrogens (tertiary/aromatic N) is 5. The van der Waals surface area contributed by atoms with Crippen LogP contribution in [-0.4, -0.2) is 14.1 Å². The zero-order valence-electron chi connectivity index (χ0n) is 46.2. The van der Waals surface area contributed by atoms with Crippen molar-refractivity contribution in [2.24, 2.45) is 0 Å². The Labute approximate surface area is 512 Å². The number of rotatable bonds is 12. The van der Waals surface area contributed by atoms with E-state index in [2.05, 4.69) is 299 Å². The van der Waals surface area contributed by atoms with Crippen molar-refractivity contribution < 1.29 is 30.5 Å². The van der Waals surface area contributed by atoms with E-state index in [1.165, 1.54) is 10.8 Å². The summed E-state index contributed by atoms with van der Waals surface area (Å²) in [6.45, 7) is 2.17. The van der Waals surface area contributed by atoms with Gasteiger partial charge in [0, 0.05) is 106 Å². The van der Waals surface area contributed by atoms with E-state index in [4.69, 9.17) is 14.5 Å². The minimum absolute atomic E-state index is 0. The first-order valence-corrected chi connectivity index (χ1v) is 28.5. The van der Waals surface area contributed by atoms with Crippen LogP contribution in [0.2, 0.25) is 0 Å². The molecule has 4 heterocycles. The summed E-state index contributed by atoms with van der Waals surface area (Å²) in [5.41, 5.74) is 17.6. The SMILES string of the molecule is [Pt].[c-]1c(Oc2[c-]c3c(cc2)c2ccccc2n3-c2cc(Oc3c(-c4ccccc4)cc(-n4c5ccccc5c5ccccc54)cc3-c3ccccc3)ccn2)cccc1N1[CH-]N(c2c(-c3ccccc3)cccc2-c2ccccc2)c2ccccc21. The molecule has 15 aromatic rings. The van der Waals surface area contributed by atoms with Crippen LogP contribution in [0.1, 0.15) is 0 Å². The van der Waals surface area contributed by atoms with Crippen molar-refractivity contribution >= 4 is 66.4 Å². The van der Waals surface area contributed by atoms with Crippen molar-refractivity contribution in [3.63, 3.8) is 0 Å². The first kappa shape index (κ1) is 52.1. The number of ether oxygens (including phenoxy) is 2. The number of pyridine rings is 1. The minimum Gasteiger partial charge on any atom is -0.509 e. The number of aromatic nitrogens is 3. The van der Waals surface area contributed by atoms with E-state index in [1.54, 1.807) is 0 Å². The van der Waals surface area contributed by atoms with Crippen LogP contribution in [-0.2, 0) is 21.1 Å². The summed E-state index contributed by atoms with van der Waals surface area (Å²) in [5.74, 6) is 3.13. The van der Waals surface area contributed by atoms with E-state index in [-0.39, 0.29) is 21.1 Å². The summed E-state index contributed by atoms with van der Waals surface area (Å²) in [6.07, 6.45) is 1.82. The molecular formula is C78H50N5O2Pt-3. The van der Waals surface area contributed by atoms with Crippen LogP contribution >= 0.6 is 0 Å². The summed E-state index contributed by atoms with van der Waals surface area (Å²) in [4.78, 5) is 9.55. The zero-order chi connectivity index (χ0) is 56.2. The third-order valence-electron chi connectivity index (χ3n) is 16.1. The molecule has 0 N–H and O–H groups in total. The Hall–Kier alpha value is -10.7. The maximum atomic E-state index is 7.31. The van der Waals surface area contributed by atoms with E-state index < -0.39 is 0 Å². The Morgan fingerprint density at radius 1 is 0.360 bits per heavy atom. The molecule has 0 amide bonds. The van der Waals surface area contributed by atoms with Gasteiger partial charge in [0.2, 0.25) is 0 Å². The molecule has 1 aliphatic heterocycles. The second-order valence-corrected chi connectivity index (χ2v) is 21.1. The van der Waals surface area contributed by atoms with Gasteiger partial charge < -0.3 is 28.4 Å². The molecule has 8 heteroatoms. The van der Waals surface area contributed by atoms with Gasteiger partial charge in [-0.3, -0.25) is 0 Å². The third kappa shape index (κ3) is 9.17. The zero-order valence-corrected chi connectivity index (χ0v) is 48.5. The second kappa shape index (κ2) is 22.1. The maximum Gasteiger partial charge on any atom is 0.143 e. The van der Waals surface area contributed by atoms with Crippen LogP contribution in [0.15, 0.2) is 297 Å².